The molecule has 0 aliphatic carbocycles. The van der Waals surface area contributed by atoms with E-state index in [4.69, 9.17) is 9.47 Å². The third-order valence-electron chi connectivity index (χ3n) is 4.68. The lowest BCUT2D eigenvalue weighted by molar-refractivity contribution is -0.124. The maximum Gasteiger partial charge on any atom is 0.161 e. The highest BCUT2D eigenvalue weighted by atomic mass is 16.6. The summed E-state index contributed by atoms with van der Waals surface area (Å²) < 4.78 is 11.8. The molecule has 4 rings (SSSR count). The first kappa shape index (κ1) is 12.2. The second-order valence-electron chi connectivity index (χ2n) is 6.03. The minimum Gasteiger partial charge on any atom is -0.486 e. The fourth-order valence-electron chi connectivity index (χ4n) is 3.75. The van der Waals surface area contributed by atoms with Gasteiger partial charge < -0.3 is 9.47 Å². The van der Waals surface area contributed by atoms with Crippen LogP contribution in [0.2, 0.25) is 0 Å². The molecule has 20 heavy (non-hydrogen) atoms. The zero-order valence-electron chi connectivity index (χ0n) is 11.5. The minimum absolute atomic E-state index is 0.0706. The number of hydrogen-bond acceptors (Lipinski definition) is 4. The number of benzene rings is 1. The molecule has 1 aromatic carbocycles. The number of fused-ring (bicyclic) bond motifs is 3. The quantitative estimate of drug-likeness (QED) is 0.826. The Morgan fingerprint density at radius 1 is 1.10 bits per heavy atom. The lowest BCUT2D eigenvalue weighted by atomic mass is 10.0. The Labute approximate surface area is 118 Å². The number of rotatable bonds is 2. The van der Waals surface area contributed by atoms with Crippen LogP contribution in [-0.4, -0.2) is 42.0 Å². The lowest BCUT2D eigenvalue weighted by Crippen LogP contribution is -2.49. The molecule has 1 aromatic rings. The molecule has 0 saturated carbocycles. The van der Waals surface area contributed by atoms with Crippen molar-refractivity contribution in [2.75, 3.05) is 13.2 Å². The van der Waals surface area contributed by atoms with Gasteiger partial charge in [0, 0.05) is 31.5 Å². The smallest absolute Gasteiger partial charge is 0.161 e. The Hall–Kier alpha value is -1.55. The maximum absolute atomic E-state index is 11.6. The summed E-state index contributed by atoms with van der Waals surface area (Å²) in [5, 5.41) is 0. The van der Waals surface area contributed by atoms with Gasteiger partial charge in [0.1, 0.15) is 18.5 Å². The molecule has 3 heterocycles. The van der Waals surface area contributed by atoms with Crippen molar-refractivity contribution in [1.82, 2.24) is 4.90 Å². The van der Waals surface area contributed by atoms with Gasteiger partial charge >= 0.3 is 0 Å². The summed E-state index contributed by atoms with van der Waals surface area (Å²) in [6.07, 6.45) is 3.82. The highest BCUT2D eigenvalue weighted by Crippen LogP contribution is 2.36. The molecule has 4 nitrogen and oxygen atoms in total. The Morgan fingerprint density at radius 2 is 1.80 bits per heavy atom. The van der Waals surface area contributed by atoms with Gasteiger partial charge in [-0.3, -0.25) is 9.69 Å². The molecule has 3 aliphatic heterocycles. The molecule has 0 N–H and O–H groups in total. The molecule has 2 bridgehead atoms. The maximum atomic E-state index is 11.6. The van der Waals surface area contributed by atoms with Crippen LogP contribution in [0.4, 0.5) is 0 Å². The molecular formula is C16H19NO3. The molecular weight excluding hydrogens is 254 g/mol. The Morgan fingerprint density at radius 3 is 2.55 bits per heavy atom. The van der Waals surface area contributed by atoms with Gasteiger partial charge in [-0.15, -0.1) is 0 Å². The van der Waals surface area contributed by atoms with E-state index in [0.717, 1.165) is 43.7 Å². The SMILES string of the molecule is O=C1C[C@H]2CC[C@@H](C1)N2CC1COc2ccccc2O1. The minimum atomic E-state index is 0.0706. The summed E-state index contributed by atoms with van der Waals surface area (Å²) in [4.78, 5) is 14.1. The topological polar surface area (TPSA) is 38.8 Å². The van der Waals surface area contributed by atoms with Crippen molar-refractivity contribution in [1.29, 1.82) is 0 Å². The average molecular weight is 273 g/mol. The predicted octanol–water partition coefficient (Wildman–Crippen LogP) is 2.02. The number of carbonyl (C=O) groups excluding carboxylic acids is 1. The van der Waals surface area contributed by atoms with Gasteiger partial charge in [-0.1, -0.05) is 12.1 Å². The normalized spacial score (nSPS) is 32.4. The Balaban J connectivity index is 1.45. The van der Waals surface area contributed by atoms with Gasteiger partial charge in [-0.2, -0.15) is 0 Å². The summed E-state index contributed by atoms with van der Waals surface area (Å²) in [6, 6.07) is 8.68. The van der Waals surface area contributed by atoms with Crippen LogP contribution < -0.4 is 9.47 Å². The fourth-order valence-corrected chi connectivity index (χ4v) is 3.75. The van der Waals surface area contributed by atoms with E-state index >= 15 is 0 Å². The first-order valence-electron chi connectivity index (χ1n) is 7.45. The predicted molar refractivity (Wildman–Crippen MR) is 74.1 cm³/mol. The largest absolute Gasteiger partial charge is 0.486 e. The van der Waals surface area contributed by atoms with Crippen molar-refractivity contribution in [3.63, 3.8) is 0 Å². The summed E-state index contributed by atoms with van der Waals surface area (Å²) in [6.45, 7) is 1.47. The average Bonchev–Trinajstić information content (AvgIpc) is 2.70. The van der Waals surface area contributed by atoms with Crippen molar-refractivity contribution >= 4 is 5.78 Å². The number of Topliss-reactive ketones (excluding diaryl/α,β-unsaturated/α-hetero) is 1. The van der Waals surface area contributed by atoms with Crippen LogP contribution in [0.5, 0.6) is 11.5 Å². The van der Waals surface area contributed by atoms with Crippen LogP contribution >= 0.6 is 0 Å². The molecule has 3 atom stereocenters. The number of ketones is 1. The van der Waals surface area contributed by atoms with Crippen molar-refractivity contribution in [3.05, 3.63) is 24.3 Å². The molecule has 0 spiro atoms. The van der Waals surface area contributed by atoms with Gasteiger partial charge in [-0.05, 0) is 25.0 Å². The highest BCUT2D eigenvalue weighted by Gasteiger charge is 2.41. The Bertz CT molecular complexity index is 514. The third kappa shape index (κ3) is 2.08. The van der Waals surface area contributed by atoms with E-state index < -0.39 is 0 Å². The van der Waals surface area contributed by atoms with E-state index in [1.165, 1.54) is 0 Å². The van der Waals surface area contributed by atoms with Gasteiger partial charge in [0.05, 0.1) is 0 Å². The lowest BCUT2D eigenvalue weighted by Gasteiger charge is -2.37. The van der Waals surface area contributed by atoms with Crippen LogP contribution in [-0.2, 0) is 4.79 Å². The first-order chi connectivity index (χ1) is 9.79. The number of para-hydroxylation sites is 2. The zero-order valence-corrected chi connectivity index (χ0v) is 11.5. The summed E-state index contributed by atoms with van der Waals surface area (Å²) in [5.74, 6) is 2.10. The second kappa shape index (κ2) is 4.77. The van der Waals surface area contributed by atoms with E-state index in [-0.39, 0.29) is 6.10 Å². The van der Waals surface area contributed by atoms with Crippen molar-refractivity contribution in [2.45, 2.75) is 43.9 Å². The van der Waals surface area contributed by atoms with E-state index in [2.05, 4.69) is 4.90 Å². The van der Waals surface area contributed by atoms with Gasteiger partial charge in [0.2, 0.25) is 0 Å². The number of carbonyl (C=O) groups is 1. The molecule has 0 amide bonds. The molecule has 4 heteroatoms. The zero-order chi connectivity index (χ0) is 13.5. The van der Waals surface area contributed by atoms with Crippen LogP contribution in [0.1, 0.15) is 25.7 Å². The van der Waals surface area contributed by atoms with Crippen molar-refractivity contribution in [3.8, 4) is 11.5 Å². The molecule has 106 valence electrons. The third-order valence-corrected chi connectivity index (χ3v) is 4.68. The van der Waals surface area contributed by atoms with E-state index in [1.54, 1.807) is 0 Å². The molecule has 2 fully saturated rings. The number of hydrogen-bond donors (Lipinski definition) is 0. The van der Waals surface area contributed by atoms with Crippen LogP contribution in [0.3, 0.4) is 0 Å². The standard InChI is InChI=1S/C16H19NO3/c18-13-7-11-5-6-12(8-13)17(11)9-14-10-19-15-3-1-2-4-16(15)20-14/h1-4,11-12,14H,5-10H2/t11-,12+,14?. The second-order valence-corrected chi connectivity index (χ2v) is 6.03. The monoisotopic (exact) mass is 273 g/mol. The first-order valence-corrected chi connectivity index (χ1v) is 7.45. The Kier molecular flexibility index (Phi) is 2.91. The number of ether oxygens (including phenoxy) is 2. The van der Waals surface area contributed by atoms with Crippen LogP contribution in [0.25, 0.3) is 0 Å². The van der Waals surface area contributed by atoms with Gasteiger partial charge in [0.25, 0.3) is 0 Å². The van der Waals surface area contributed by atoms with Gasteiger partial charge in [0.15, 0.2) is 11.5 Å². The molecule has 2 saturated heterocycles. The number of piperidine rings is 1. The molecule has 1 unspecified atom stereocenters. The summed E-state index contributed by atoms with van der Waals surface area (Å²) >= 11 is 0. The molecule has 3 aliphatic rings. The van der Waals surface area contributed by atoms with E-state index in [0.29, 0.717) is 24.5 Å². The van der Waals surface area contributed by atoms with Crippen molar-refractivity contribution in [2.24, 2.45) is 0 Å². The van der Waals surface area contributed by atoms with Crippen molar-refractivity contribution < 1.29 is 14.3 Å². The van der Waals surface area contributed by atoms with E-state index in [9.17, 15) is 4.79 Å². The molecule has 0 radical (unpaired) electrons. The fraction of sp³-hybridized carbons (Fsp3) is 0.562. The van der Waals surface area contributed by atoms with Crippen LogP contribution in [0.15, 0.2) is 24.3 Å². The van der Waals surface area contributed by atoms with Gasteiger partial charge in [-0.25, -0.2) is 0 Å². The summed E-state index contributed by atoms with van der Waals surface area (Å²) in [5.41, 5.74) is 0. The highest BCUT2D eigenvalue weighted by molar-refractivity contribution is 5.80. The summed E-state index contributed by atoms with van der Waals surface area (Å²) in [7, 11) is 0. The number of nitrogens with zero attached hydrogens (tertiary/aromatic N) is 1. The van der Waals surface area contributed by atoms with E-state index in [1.807, 2.05) is 24.3 Å². The molecule has 0 aromatic heterocycles. The van der Waals surface area contributed by atoms with Crippen LogP contribution in [0, 0.1) is 0 Å².